The van der Waals surface area contributed by atoms with Crippen LogP contribution in [0.1, 0.15) is 5.76 Å². The Hall–Kier alpha value is -1.81. The highest BCUT2D eigenvalue weighted by atomic mass is 16.5. The maximum Gasteiger partial charge on any atom is 0.150 e. The summed E-state index contributed by atoms with van der Waals surface area (Å²) < 4.78 is 10.1. The van der Waals surface area contributed by atoms with Crippen molar-refractivity contribution in [1.82, 2.24) is 5.16 Å². The van der Waals surface area contributed by atoms with Crippen molar-refractivity contribution in [1.29, 1.82) is 0 Å². The standard InChI is InChI=1S/C11H12N2O2/c1-14-9-4-2-8(3-5-9)11-6-10(7-12)15-13-11/h2-6H,7,12H2,1H3. The molecular weight excluding hydrogens is 192 g/mol. The van der Waals surface area contributed by atoms with Gasteiger partial charge < -0.3 is 15.0 Å². The van der Waals surface area contributed by atoms with Crippen LogP contribution < -0.4 is 10.5 Å². The Morgan fingerprint density at radius 2 is 2.07 bits per heavy atom. The molecule has 4 nitrogen and oxygen atoms in total. The summed E-state index contributed by atoms with van der Waals surface area (Å²) in [5.74, 6) is 1.50. The topological polar surface area (TPSA) is 61.3 Å². The molecule has 78 valence electrons. The van der Waals surface area contributed by atoms with E-state index in [0.29, 0.717) is 12.3 Å². The fourth-order valence-electron chi connectivity index (χ4n) is 1.31. The number of aromatic nitrogens is 1. The van der Waals surface area contributed by atoms with Crippen LogP contribution in [0, 0.1) is 0 Å². The number of ether oxygens (including phenoxy) is 1. The summed E-state index contributed by atoms with van der Waals surface area (Å²) in [5, 5.41) is 3.92. The second kappa shape index (κ2) is 4.14. The zero-order valence-corrected chi connectivity index (χ0v) is 8.43. The molecule has 0 atom stereocenters. The van der Waals surface area contributed by atoms with E-state index in [2.05, 4.69) is 5.16 Å². The fourth-order valence-corrected chi connectivity index (χ4v) is 1.31. The van der Waals surface area contributed by atoms with Crippen LogP contribution in [-0.2, 0) is 6.54 Å². The predicted molar refractivity (Wildman–Crippen MR) is 56.4 cm³/mol. The predicted octanol–water partition coefficient (Wildman–Crippen LogP) is 1.81. The Morgan fingerprint density at radius 3 is 2.60 bits per heavy atom. The quantitative estimate of drug-likeness (QED) is 0.828. The first kappa shape index (κ1) is 9.73. The molecule has 0 spiro atoms. The minimum Gasteiger partial charge on any atom is -0.497 e. The molecule has 15 heavy (non-hydrogen) atoms. The molecule has 1 heterocycles. The fraction of sp³-hybridized carbons (Fsp3) is 0.182. The van der Waals surface area contributed by atoms with E-state index in [1.54, 1.807) is 7.11 Å². The highest BCUT2D eigenvalue weighted by molar-refractivity contribution is 5.59. The first-order valence-corrected chi connectivity index (χ1v) is 4.63. The molecule has 0 saturated carbocycles. The lowest BCUT2D eigenvalue weighted by atomic mass is 10.1. The van der Waals surface area contributed by atoms with E-state index >= 15 is 0 Å². The Balaban J connectivity index is 2.28. The van der Waals surface area contributed by atoms with Crippen LogP contribution in [0.5, 0.6) is 5.75 Å². The number of rotatable bonds is 3. The Labute approximate surface area is 87.6 Å². The molecule has 4 heteroatoms. The van der Waals surface area contributed by atoms with Gasteiger partial charge in [0.25, 0.3) is 0 Å². The molecule has 0 aliphatic rings. The number of hydrogen-bond donors (Lipinski definition) is 1. The number of hydrogen-bond acceptors (Lipinski definition) is 4. The molecule has 0 saturated heterocycles. The van der Waals surface area contributed by atoms with E-state index in [1.165, 1.54) is 0 Å². The van der Waals surface area contributed by atoms with Gasteiger partial charge in [0, 0.05) is 11.6 Å². The lowest BCUT2D eigenvalue weighted by molar-refractivity contribution is 0.387. The van der Waals surface area contributed by atoms with Gasteiger partial charge in [-0.15, -0.1) is 0 Å². The van der Waals surface area contributed by atoms with Gasteiger partial charge in [-0.1, -0.05) is 5.16 Å². The van der Waals surface area contributed by atoms with E-state index in [-0.39, 0.29) is 0 Å². The van der Waals surface area contributed by atoms with E-state index in [9.17, 15) is 0 Å². The first-order valence-electron chi connectivity index (χ1n) is 4.63. The van der Waals surface area contributed by atoms with Crippen LogP contribution in [0.3, 0.4) is 0 Å². The molecule has 0 radical (unpaired) electrons. The normalized spacial score (nSPS) is 10.3. The van der Waals surface area contributed by atoms with Crippen LogP contribution in [0.15, 0.2) is 34.9 Å². The number of nitrogens with two attached hydrogens (primary N) is 1. The molecule has 1 aromatic carbocycles. The van der Waals surface area contributed by atoms with Gasteiger partial charge in [0.15, 0.2) is 5.76 Å². The van der Waals surface area contributed by atoms with Crippen molar-refractivity contribution in [2.45, 2.75) is 6.54 Å². The van der Waals surface area contributed by atoms with Gasteiger partial charge in [-0.25, -0.2) is 0 Å². The molecule has 2 aromatic rings. The SMILES string of the molecule is COc1ccc(-c2cc(CN)on2)cc1. The van der Waals surface area contributed by atoms with Crippen LogP contribution in [0.2, 0.25) is 0 Å². The lowest BCUT2D eigenvalue weighted by Gasteiger charge is -1.99. The third kappa shape index (κ3) is 1.99. The Kier molecular flexibility index (Phi) is 2.69. The van der Waals surface area contributed by atoms with Crippen LogP contribution >= 0.6 is 0 Å². The van der Waals surface area contributed by atoms with Gasteiger partial charge >= 0.3 is 0 Å². The zero-order chi connectivity index (χ0) is 10.7. The summed E-state index contributed by atoms with van der Waals surface area (Å²) in [4.78, 5) is 0. The van der Waals surface area contributed by atoms with Gasteiger partial charge in [0.2, 0.25) is 0 Å². The van der Waals surface area contributed by atoms with E-state index < -0.39 is 0 Å². The summed E-state index contributed by atoms with van der Waals surface area (Å²) in [7, 11) is 1.64. The van der Waals surface area contributed by atoms with Crippen molar-refractivity contribution in [3.05, 3.63) is 36.1 Å². The van der Waals surface area contributed by atoms with Crippen molar-refractivity contribution in [3.63, 3.8) is 0 Å². The highest BCUT2D eigenvalue weighted by Crippen LogP contribution is 2.21. The van der Waals surface area contributed by atoms with E-state index in [1.807, 2.05) is 30.3 Å². The minimum absolute atomic E-state index is 0.364. The van der Waals surface area contributed by atoms with Gasteiger partial charge in [-0.05, 0) is 24.3 Å². The third-order valence-corrected chi connectivity index (χ3v) is 2.15. The zero-order valence-electron chi connectivity index (χ0n) is 8.43. The highest BCUT2D eigenvalue weighted by Gasteiger charge is 2.04. The summed E-state index contributed by atoms with van der Waals surface area (Å²) in [6.07, 6.45) is 0. The smallest absolute Gasteiger partial charge is 0.150 e. The molecule has 0 fully saturated rings. The van der Waals surface area contributed by atoms with Crippen molar-refractivity contribution < 1.29 is 9.26 Å². The molecule has 0 amide bonds. The molecule has 2 N–H and O–H groups in total. The number of methoxy groups -OCH3 is 1. The van der Waals surface area contributed by atoms with E-state index in [0.717, 1.165) is 17.0 Å². The maximum absolute atomic E-state index is 5.43. The Morgan fingerprint density at radius 1 is 1.33 bits per heavy atom. The molecule has 0 aliphatic heterocycles. The lowest BCUT2D eigenvalue weighted by Crippen LogP contribution is -1.92. The van der Waals surface area contributed by atoms with Crippen molar-refractivity contribution in [3.8, 4) is 17.0 Å². The van der Waals surface area contributed by atoms with Gasteiger partial charge in [0.1, 0.15) is 11.4 Å². The minimum atomic E-state index is 0.364. The second-order valence-corrected chi connectivity index (χ2v) is 3.11. The van der Waals surface area contributed by atoms with E-state index in [4.69, 9.17) is 15.0 Å². The molecule has 2 rings (SSSR count). The van der Waals surface area contributed by atoms with Gasteiger partial charge in [-0.3, -0.25) is 0 Å². The third-order valence-electron chi connectivity index (χ3n) is 2.15. The monoisotopic (exact) mass is 204 g/mol. The average Bonchev–Trinajstić information content (AvgIpc) is 2.78. The summed E-state index contributed by atoms with van der Waals surface area (Å²) in [6, 6.07) is 9.45. The second-order valence-electron chi connectivity index (χ2n) is 3.11. The average molecular weight is 204 g/mol. The molecule has 0 unspecified atom stereocenters. The largest absolute Gasteiger partial charge is 0.497 e. The van der Waals surface area contributed by atoms with Gasteiger partial charge in [0.05, 0.1) is 13.7 Å². The summed E-state index contributed by atoms with van der Waals surface area (Å²) in [5.41, 5.74) is 7.21. The van der Waals surface area contributed by atoms with Gasteiger partial charge in [-0.2, -0.15) is 0 Å². The Bertz CT molecular complexity index is 434. The first-order chi connectivity index (χ1) is 7.33. The number of benzene rings is 1. The molecule has 0 bridgehead atoms. The maximum atomic E-state index is 5.43. The molecular formula is C11H12N2O2. The molecule has 0 aliphatic carbocycles. The van der Waals surface area contributed by atoms with Crippen LogP contribution in [0.25, 0.3) is 11.3 Å². The molecule has 1 aromatic heterocycles. The van der Waals surface area contributed by atoms with Crippen LogP contribution in [-0.4, -0.2) is 12.3 Å². The van der Waals surface area contributed by atoms with Crippen molar-refractivity contribution in [2.24, 2.45) is 5.73 Å². The van der Waals surface area contributed by atoms with Crippen LogP contribution in [0.4, 0.5) is 0 Å². The number of nitrogens with zero attached hydrogens (tertiary/aromatic N) is 1. The van der Waals surface area contributed by atoms with Crippen molar-refractivity contribution in [2.75, 3.05) is 7.11 Å². The van der Waals surface area contributed by atoms with Crippen molar-refractivity contribution >= 4 is 0 Å². The summed E-state index contributed by atoms with van der Waals surface area (Å²) in [6.45, 7) is 0.364. The summed E-state index contributed by atoms with van der Waals surface area (Å²) >= 11 is 0.